The van der Waals surface area contributed by atoms with E-state index in [9.17, 15) is 5.11 Å². The number of rotatable bonds is 5. The van der Waals surface area contributed by atoms with Crippen molar-refractivity contribution in [3.8, 4) is 0 Å². The van der Waals surface area contributed by atoms with Crippen molar-refractivity contribution >= 4 is 15.9 Å². The van der Waals surface area contributed by atoms with Crippen molar-refractivity contribution in [2.75, 3.05) is 0 Å². The van der Waals surface area contributed by atoms with Crippen LogP contribution in [0, 0.1) is 13.8 Å². The molecule has 0 radical (unpaired) electrons. The molecule has 0 spiro atoms. The third-order valence-corrected chi connectivity index (χ3v) is 3.98. The third-order valence-electron chi connectivity index (χ3n) is 2.73. The Morgan fingerprint density at radius 2 is 1.94 bits per heavy atom. The Labute approximate surface area is 106 Å². The maximum Gasteiger partial charge on any atom is 0.0790 e. The molecule has 1 atom stereocenters. The Morgan fingerprint density at radius 1 is 1.38 bits per heavy atom. The van der Waals surface area contributed by atoms with Crippen molar-refractivity contribution in [3.05, 3.63) is 46.0 Å². The fourth-order valence-corrected chi connectivity index (χ4v) is 2.02. The van der Waals surface area contributed by atoms with Crippen molar-refractivity contribution in [1.29, 1.82) is 0 Å². The lowest BCUT2D eigenvalue weighted by Crippen LogP contribution is -1.99. The monoisotopic (exact) mass is 282 g/mol. The van der Waals surface area contributed by atoms with Crippen LogP contribution >= 0.6 is 15.9 Å². The Morgan fingerprint density at radius 3 is 2.44 bits per heavy atom. The molecule has 1 rings (SSSR count). The van der Waals surface area contributed by atoms with E-state index in [0.29, 0.717) is 0 Å². The van der Waals surface area contributed by atoms with E-state index in [4.69, 9.17) is 0 Å². The van der Waals surface area contributed by atoms with Gasteiger partial charge >= 0.3 is 0 Å². The molecular weight excluding hydrogens is 264 g/mol. The molecule has 2 heteroatoms. The molecule has 0 aliphatic carbocycles. The highest BCUT2D eigenvalue weighted by Gasteiger charge is 2.10. The van der Waals surface area contributed by atoms with Gasteiger partial charge in [0.05, 0.1) is 6.10 Å². The number of aliphatic hydroxyl groups excluding tert-OH is 1. The molecule has 88 valence electrons. The van der Waals surface area contributed by atoms with Crippen LogP contribution in [0.5, 0.6) is 0 Å². The van der Waals surface area contributed by atoms with Crippen LogP contribution < -0.4 is 0 Å². The smallest absolute Gasteiger partial charge is 0.0790 e. The van der Waals surface area contributed by atoms with Gasteiger partial charge in [0.1, 0.15) is 0 Å². The Kier molecular flexibility index (Phi) is 5.23. The third kappa shape index (κ3) is 3.46. The maximum absolute atomic E-state index is 10.0. The first kappa shape index (κ1) is 13.5. The molecule has 0 saturated heterocycles. The largest absolute Gasteiger partial charge is 0.388 e. The number of hydrogen-bond acceptors (Lipinski definition) is 1. The minimum Gasteiger partial charge on any atom is -0.388 e. The van der Waals surface area contributed by atoms with Crippen molar-refractivity contribution in [3.63, 3.8) is 0 Å². The number of unbranched alkanes of at least 4 members (excludes halogenated alkanes) is 1. The molecule has 0 aromatic heterocycles. The Bertz CT molecular complexity index is 348. The number of allylic oxidation sites excluding steroid dienone is 1. The molecule has 1 N–H and O–H groups in total. The molecule has 0 fully saturated rings. The van der Waals surface area contributed by atoms with E-state index < -0.39 is 0 Å². The van der Waals surface area contributed by atoms with E-state index >= 15 is 0 Å². The van der Waals surface area contributed by atoms with Crippen LogP contribution in [0.25, 0.3) is 0 Å². The summed E-state index contributed by atoms with van der Waals surface area (Å²) in [7, 11) is 0. The lowest BCUT2D eigenvalue weighted by Gasteiger charge is -2.13. The summed E-state index contributed by atoms with van der Waals surface area (Å²) in [5.41, 5.74) is 3.37. The van der Waals surface area contributed by atoms with Crippen molar-refractivity contribution in [1.82, 2.24) is 0 Å². The van der Waals surface area contributed by atoms with E-state index in [2.05, 4.69) is 48.5 Å². The summed E-state index contributed by atoms with van der Waals surface area (Å²) in [5.74, 6) is 0. The molecule has 0 aliphatic heterocycles. The van der Waals surface area contributed by atoms with Gasteiger partial charge in [0.25, 0.3) is 0 Å². The second-order valence-electron chi connectivity index (χ2n) is 4.20. The summed E-state index contributed by atoms with van der Waals surface area (Å²) in [5, 5.41) is 10.0. The van der Waals surface area contributed by atoms with Gasteiger partial charge in [-0.25, -0.2) is 0 Å². The fraction of sp³-hybridized carbons (Fsp3) is 0.429. The summed E-state index contributed by atoms with van der Waals surface area (Å²) < 4.78 is 1.13. The van der Waals surface area contributed by atoms with E-state index in [-0.39, 0.29) is 6.10 Å². The topological polar surface area (TPSA) is 20.2 Å². The first-order valence-corrected chi connectivity index (χ1v) is 6.41. The molecular formula is C14H19BrO. The summed E-state index contributed by atoms with van der Waals surface area (Å²) in [6.45, 7) is 7.79. The van der Waals surface area contributed by atoms with Crippen LogP contribution in [-0.4, -0.2) is 5.11 Å². The molecule has 1 nitrogen and oxygen atoms in total. The van der Waals surface area contributed by atoms with Crippen LogP contribution in [0.1, 0.15) is 42.1 Å². The summed E-state index contributed by atoms with van der Waals surface area (Å²) >= 11 is 3.53. The van der Waals surface area contributed by atoms with Crippen LogP contribution in [0.2, 0.25) is 0 Å². The second-order valence-corrected chi connectivity index (χ2v) is 5.00. The average Bonchev–Trinajstić information content (AvgIpc) is 2.25. The maximum atomic E-state index is 10.0. The van der Waals surface area contributed by atoms with Gasteiger partial charge < -0.3 is 5.11 Å². The van der Waals surface area contributed by atoms with E-state index in [1.807, 2.05) is 6.08 Å². The standard InChI is InChI=1S/C14H19BrO/c1-4-5-6-7-13(16)12-8-10(2)14(15)11(3)9-12/h4,8-9,13,16H,1,5-7H2,2-3H3. The predicted octanol–water partition coefficient (Wildman–Crippen LogP) is 4.46. The van der Waals surface area contributed by atoms with E-state index in [1.54, 1.807) is 0 Å². The van der Waals surface area contributed by atoms with E-state index in [1.165, 1.54) is 11.1 Å². The van der Waals surface area contributed by atoms with Gasteiger partial charge in [-0.15, -0.1) is 6.58 Å². The number of benzene rings is 1. The summed E-state index contributed by atoms with van der Waals surface area (Å²) in [4.78, 5) is 0. The van der Waals surface area contributed by atoms with Gasteiger partial charge in [0, 0.05) is 4.47 Å². The molecule has 0 heterocycles. The van der Waals surface area contributed by atoms with Gasteiger partial charge in [-0.05, 0) is 49.8 Å². The minimum atomic E-state index is -0.356. The average molecular weight is 283 g/mol. The van der Waals surface area contributed by atoms with Crippen LogP contribution in [0.3, 0.4) is 0 Å². The molecule has 0 amide bonds. The number of halogens is 1. The van der Waals surface area contributed by atoms with Crippen LogP contribution in [-0.2, 0) is 0 Å². The van der Waals surface area contributed by atoms with Gasteiger partial charge in [0.2, 0.25) is 0 Å². The van der Waals surface area contributed by atoms with Gasteiger partial charge in [-0.1, -0.05) is 34.1 Å². The highest BCUT2D eigenvalue weighted by molar-refractivity contribution is 9.10. The SMILES string of the molecule is C=CCCCC(O)c1cc(C)c(Br)c(C)c1. The number of hydrogen-bond donors (Lipinski definition) is 1. The first-order chi connectivity index (χ1) is 7.56. The first-order valence-electron chi connectivity index (χ1n) is 5.62. The van der Waals surface area contributed by atoms with E-state index in [0.717, 1.165) is 29.3 Å². The van der Waals surface area contributed by atoms with Crippen LogP contribution in [0.15, 0.2) is 29.3 Å². The normalized spacial score (nSPS) is 12.5. The zero-order chi connectivity index (χ0) is 12.1. The minimum absolute atomic E-state index is 0.356. The molecule has 0 aliphatic rings. The number of aryl methyl sites for hydroxylation is 2. The van der Waals surface area contributed by atoms with Gasteiger partial charge in [-0.2, -0.15) is 0 Å². The number of aliphatic hydroxyl groups is 1. The molecule has 0 bridgehead atoms. The molecule has 0 saturated carbocycles. The van der Waals surface area contributed by atoms with Gasteiger partial charge in [-0.3, -0.25) is 0 Å². The molecule has 1 unspecified atom stereocenters. The van der Waals surface area contributed by atoms with Crippen LogP contribution in [0.4, 0.5) is 0 Å². The molecule has 1 aromatic carbocycles. The lowest BCUT2D eigenvalue weighted by atomic mass is 9.99. The highest BCUT2D eigenvalue weighted by atomic mass is 79.9. The lowest BCUT2D eigenvalue weighted by molar-refractivity contribution is 0.165. The molecule has 1 aromatic rings. The Balaban J connectivity index is 2.75. The van der Waals surface area contributed by atoms with Crippen molar-refractivity contribution in [2.45, 2.75) is 39.2 Å². The fourth-order valence-electron chi connectivity index (χ4n) is 1.79. The zero-order valence-corrected chi connectivity index (χ0v) is 11.5. The predicted molar refractivity (Wildman–Crippen MR) is 72.6 cm³/mol. The van der Waals surface area contributed by atoms with Crippen molar-refractivity contribution < 1.29 is 5.11 Å². The van der Waals surface area contributed by atoms with Gasteiger partial charge in [0.15, 0.2) is 0 Å². The highest BCUT2D eigenvalue weighted by Crippen LogP contribution is 2.27. The van der Waals surface area contributed by atoms with Crippen molar-refractivity contribution in [2.24, 2.45) is 0 Å². The summed E-state index contributed by atoms with van der Waals surface area (Å²) in [6.07, 6.45) is 4.28. The zero-order valence-electron chi connectivity index (χ0n) is 9.96. The molecule has 16 heavy (non-hydrogen) atoms. The second kappa shape index (κ2) is 6.21. The quantitative estimate of drug-likeness (QED) is 0.625. The Hall–Kier alpha value is -0.600. The summed E-state index contributed by atoms with van der Waals surface area (Å²) in [6, 6.07) is 4.10.